The second-order valence-electron chi connectivity index (χ2n) is 7.46. The van der Waals surface area contributed by atoms with Crippen molar-refractivity contribution < 1.29 is 22.4 Å². The zero-order valence-electron chi connectivity index (χ0n) is 16.2. The lowest BCUT2D eigenvalue weighted by atomic mass is 10.1. The fourth-order valence-corrected chi connectivity index (χ4v) is 3.98. The minimum Gasteiger partial charge on any atom is -0.341 e. The molecule has 0 radical (unpaired) electrons. The fraction of sp³-hybridized carbons (Fsp3) is 0.300. The Morgan fingerprint density at radius 3 is 2.77 bits per heavy atom. The van der Waals surface area contributed by atoms with E-state index in [1.165, 1.54) is 18.2 Å². The van der Waals surface area contributed by atoms with E-state index in [9.17, 15) is 22.4 Å². The van der Waals surface area contributed by atoms with Gasteiger partial charge in [0.1, 0.15) is 11.6 Å². The number of urea groups is 1. The number of carbonyl (C=O) groups excluding carboxylic acids is 1. The Labute approximate surface area is 179 Å². The largest absolute Gasteiger partial charge is 0.417 e. The molecule has 0 saturated carbocycles. The van der Waals surface area contributed by atoms with Gasteiger partial charge in [-0.3, -0.25) is 4.90 Å². The monoisotopic (exact) mass is 455 g/mol. The summed E-state index contributed by atoms with van der Waals surface area (Å²) in [4.78, 5) is 21.9. The fourth-order valence-electron chi connectivity index (χ4n) is 3.76. The van der Waals surface area contributed by atoms with Crippen LogP contribution in [0, 0.1) is 5.82 Å². The molecule has 2 amide bonds. The maximum atomic E-state index is 13.4. The van der Waals surface area contributed by atoms with Gasteiger partial charge < -0.3 is 15.6 Å². The van der Waals surface area contributed by atoms with Gasteiger partial charge in [-0.05, 0) is 49.9 Å². The minimum absolute atomic E-state index is 0.0172. The molecule has 0 aliphatic carbocycles. The molecule has 0 spiro atoms. The zero-order valence-corrected chi connectivity index (χ0v) is 17.0. The Morgan fingerprint density at radius 2 is 2.03 bits per heavy atom. The van der Waals surface area contributed by atoms with E-state index in [0.29, 0.717) is 29.8 Å². The first kappa shape index (κ1) is 21.4. The van der Waals surface area contributed by atoms with Gasteiger partial charge >= 0.3 is 12.2 Å². The van der Waals surface area contributed by atoms with Gasteiger partial charge in [0.15, 0.2) is 0 Å². The number of hydrogen-bond acceptors (Lipinski definition) is 3. The zero-order chi connectivity index (χ0) is 22.3. The molecular weight excluding hydrogens is 438 g/mol. The summed E-state index contributed by atoms with van der Waals surface area (Å²) in [6, 6.07) is 6.46. The third kappa shape index (κ3) is 4.59. The highest BCUT2D eigenvalue weighted by molar-refractivity contribution is 6.31. The number of anilines is 1. The summed E-state index contributed by atoms with van der Waals surface area (Å²) in [6.07, 6.45) is -4.09. The number of amides is 2. The van der Waals surface area contributed by atoms with Crippen LogP contribution < -0.4 is 10.6 Å². The number of carbonyl (C=O) groups is 1. The molecule has 2 heterocycles. The molecule has 31 heavy (non-hydrogen) atoms. The van der Waals surface area contributed by atoms with Crippen molar-refractivity contribution >= 4 is 34.4 Å². The lowest BCUT2D eigenvalue weighted by Gasteiger charge is -2.16. The van der Waals surface area contributed by atoms with E-state index in [1.54, 1.807) is 6.07 Å². The second kappa shape index (κ2) is 8.01. The molecular formula is C20H18ClF4N5O. The number of hydrogen-bond donors (Lipinski definition) is 3. The molecule has 3 aromatic rings. The van der Waals surface area contributed by atoms with Crippen molar-refractivity contribution in [3.63, 3.8) is 0 Å². The Hall–Kier alpha value is -2.85. The first-order valence-corrected chi connectivity index (χ1v) is 9.77. The number of rotatable bonds is 3. The van der Waals surface area contributed by atoms with Gasteiger partial charge in [-0.15, -0.1) is 0 Å². The second-order valence-corrected chi connectivity index (χ2v) is 7.87. The molecule has 2 aromatic carbocycles. The van der Waals surface area contributed by atoms with Crippen LogP contribution in [-0.2, 0) is 6.18 Å². The third-order valence-corrected chi connectivity index (χ3v) is 5.52. The molecule has 4 rings (SSSR count). The van der Waals surface area contributed by atoms with Gasteiger partial charge in [-0.25, -0.2) is 14.2 Å². The highest BCUT2D eigenvalue weighted by atomic mass is 35.5. The molecule has 1 aliphatic rings. The molecule has 164 valence electrons. The van der Waals surface area contributed by atoms with Crippen LogP contribution >= 0.6 is 11.6 Å². The first-order valence-electron chi connectivity index (χ1n) is 9.40. The van der Waals surface area contributed by atoms with Crippen LogP contribution in [0.3, 0.4) is 0 Å². The quantitative estimate of drug-likeness (QED) is 0.490. The Balaban J connectivity index is 1.41. The number of likely N-dealkylation sites (tertiary alicyclic amines) is 1. The summed E-state index contributed by atoms with van der Waals surface area (Å²) < 4.78 is 52.4. The van der Waals surface area contributed by atoms with Gasteiger partial charge in [0.25, 0.3) is 0 Å². The average molecular weight is 456 g/mol. The molecule has 1 aliphatic heterocycles. The minimum atomic E-state index is -4.62. The topological polar surface area (TPSA) is 73.1 Å². The molecule has 0 bridgehead atoms. The maximum Gasteiger partial charge on any atom is 0.417 e. The molecule has 1 saturated heterocycles. The smallest absolute Gasteiger partial charge is 0.341 e. The maximum absolute atomic E-state index is 13.4. The van der Waals surface area contributed by atoms with Gasteiger partial charge in [-0.1, -0.05) is 11.6 Å². The lowest BCUT2D eigenvalue weighted by molar-refractivity contribution is -0.137. The van der Waals surface area contributed by atoms with Crippen LogP contribution in [0.4, 0.5) is 28.0 Å². The molecule has 3 N–H and O–H groups in total. The van der Waals surface area contributed by atoms with Crippen molar-refractivity contribution in [3.05, 3.63) is 58.6 Å². The lowest BCUT2D eigenvalue weighted by Crippen LogP contribution is -2.39. The summed E-state index contributed by atoms with van der Waals surface area (Å²) in [5.74, 6) is 0.287. The standard InChI is InChI=1S/C20H18ClF4N5O/c1-30-9-12(8-17(30)18-28-15-5-2-10(22)6-16(15)29-18)27-19(31)26-11-3-4-14(21)13(7-11)20(23,24)25/h2-7,12,17H,8-9H2,1H3,(H,28,29)(H2,26,27,31). The summed E-state index contributed by atoms with van der Waals surface area (Å²) in [7, 11) is 1.87. The van der Waals surface area contributed by atoms with E-state index in [1.807, 2.05) is 11.9 Å². The van der Waals surface area contributed by atoms with E-state index in [2.05, 4.69) is 20.6 Å². The molecule has 1 aromatic heterocycles. The van der Waals surface area contributed by atoms with Crippen LogP contribution in [0.5, 0.6) is 0 Å². The number of benzene rings is 2. The molecule has 11 heteroatoms. The van der Waals surface area contributed by atoms with Crippen molar-refractivity contribution in [2.24, 2.45) is 0 Å². The van der Waals surface area contributed by atoms with Crippen LogP contribution in [0.25, 0.3) is 11.0 Å². The highest BCUT2D eigenvalue weighted by Crippen LogP contribution is 2.36. The van der Waals surface area contributed by atoms with Crippen LogP contribution in [-0.4, -0.2) is 40.5 Å². The van der Waals surface area contributed by atoms with Crippen molar-refractivity contribution in [1.29, 1.82) is 0 Å². The number of nitrogens with zero attached hydrogens (tertiary/aromatic N) is 2. The Morgan fingerprint density at radius 1 is 1.26 bits per heavy atom. The Kier molecular flexibility index (Phi) is 5.52. The summed E-state index contributed by atoms with van der Waals surface area (Å²) in [5, 5.41) is 4.74. The van der Waals surface area contributed by atoms with Gasteiger partial charge in [0.05, 0.1) is 27.7 Å². The number of H-pyrrole nitrogens is 1. The van der Waals surface area contributed by atoms with E-state index in [4.69, 9.17) is 11.6 Å². The number of aromatic amines is 1. The molecule has 6 nitrogen and oxygen atoms in total. The summed E-state index contributed by atoms with van der Waals surface area (Å²) in [5.41, 5.74) is 0.188. The SMILES string of the molecule is CN1CC(NC(=O)Nc2ccc(Cl)c(C(F)(F)F)c2)CC1c1nc2ccc(F)cc2[nH]1. The number of likely N-dealkylation sites (N-methyl/N-ethyl adjacent to an activating group) is 1. The normalized spacial score (nSPS) is 19.7. The van der Waals surface area contributed by atoms with Gasteiger partial charge in [0, 0.05) is 18.3 Å². The number of halogens is 5. The van der Waals surface area contributed by atoms with Crippen LogP contribution in [0.1, 0.15) is 23.9 Å². The number of nitrogens with one attached hydrogen (secondary N) is 3. The highest BCUT2D eigenvalue weighted by Gasteiger charge is 2.35. The average Bonchev–Trinajstić information content (AvgIpc) is 3.24. The van der Waals surface area contributed by atoms with Crippen molar-refractivity contribution in [2.45, 2.75) is 24.7 Å². The third-order valence-electron chi connectivity index (χ3n) is 5.19. The predicted molar refractivity (Wildman–Crippen MR) is 108 cm³/mol. The van der Waals surface area contributed by atoms with Gasteiger partial charge in [0.2, 0.25) is 0 Å². The van der Waals surface area contributed by atoms with Crippen molar-refractivity contribution in [1.82, 2.24) is 20.2 Å². The van der Waals surface area contributed by atoms with E-state index < -0.39 is 22.8 Å². The summed E-state index contributed by atoms with van der Waals surface area (Å²) >= 11 is 5.60. The van der Waals surface area contributed by atoms with E-state index in [0.717, 1.165) is 12.1 Å². The number of alkyl halides is 3. The van der Waals surface area contributed by atoms with E-state index >= 15 is 0 Å². The molecule has 2 unspecified atom stereocenters. The van der Waals surface area contributed by atoms with E-state index in [-0.39, 0.29) is 23.6 Å². The number of aromatic nitrogens is 2. The predicted octanol–water partition coefficient (Wildman–Crippen LogP) is 4.94. The number of fused-ring (bicyclic) bond motifs is 1. The van der Waals surface area contributed by atoms with Crippen LogP contribution in [0.2, 0.25) is 5.02 Å². The summed E-state index contributed by atoms with van der Waals surface area (Å²) in [6.45, 7) is 0.512. The molecule has 2 atom stereocenters. The van der Waals surface area contributed by atoms with Crippen LogP contribution in [0.15, 0.2) is 36.4 Å². The van der Waals surface area contributed by atoms with Crippen molar-refractivity contribution in [3.8, 4) is 0 Å². The van der Waals surface area contributed by atoms with Crippen molar-refractivity contribution in [2.75, 3.05) is 18.9 Å². The van der Waals surface area contributed by atoms with Gasteiger partial charge in [-0.2, -0.15) is 13.2 Å². The molecule has 1 fully saturated rings. The Bertz CT molecular complexity index is 1130. The number of imidazole rings is 1. The first-order chi connectivity index (χ1) is 14.6.